The van der Waals surface area contributed by atoms with Crippen LogP contribution in [0.25, 0.3) is 0 Å². The maximum Gasteiger partial charge on any atom is 0.0588 e. The Morgan fingerprint density at radius 3 is 2.25 bits per heavy atom. The Morgan fingerprint density at radius 2 is 1.92 bits per heavy atom. The Morgan fingerprint density at radius 1 is 1.42 bits per heavy atom. The SMILES string of the molecule is NC=S.NCc1ccccc1Br. The van der Waals surface area contributed by atoms with Crippen LogP contribution in [0.1, 0.15) is 5.56 Å². The van der Waals surface area contributed by atoms with Gasteiger partial charge in [0.25, 0.3) is 0 Å². The molecule has 0 spiro atoms. The molecule has 4 heteroatoms. The Labute approximate surface area is 86.1 Å². The lowest BCUT2D eigenvalue weighted by Gasteiger charge is -1.96. The van der Waals surface area contributed by atoms with Crippen molar-refractivity contribution in [1.29, 1.82) is 0 Å². The highest BCUT2D eigenvalue weighted by Crippen LogP contribution is 2.14. The summed E-state index contributed by atoms with van der Waals surface area (Å²) in [6.45, 7) is 0.599. The van der Waals surface area contributed by atoms with Crippen molar-refractivity contribution in [2.24, 2.45) is 11.5 Å². The summed E-state index contributed by atoms with van der Waals surface area (Å²) in [7, 11) is 0. The highest BCUT2D eigenvalue weighted by Gasteiger charge is 1.91. The predicted molar refractivity (Wildman–Crippen MR) is 59.9 cm³/mol. The van der Waals surface area contributed by atoms with Crippen LogP contribution in [0.5, 0.6) is 0 Å². The first-order chi connectivity index (χ1) is 5.76. The maximum absolute atomic E-state index is 5.42. The number of nitrogens with two attached hydrogens (primary N) is 2. The molecule has 0 bridgehead atoms. The molecule has 0 heterocycles. The number of rotatable bonds is 1. The van der Waals surface area contributed by atoms with E-state index in [1.54, 1.807) is 0 Å². The molecule has 2 nitrogen and oxygen atoms in total. The quantitative estimate of drug-likeness (QED) is 0.744. The fraction of sp³-hybridized carbons (Fsp3) is 0.125. The van der Waals surface area contributed by atoms with Gasteiger partial charge in [-0.2, -0.15) is 0 Å². The second-order valence-corrected chi connectivity index (χ2v) is 3.06. The van der Waals surface area contributed by atoms with Crippen LogP contribution in [0.15, 0.2) is 28.7 Å². The van der Waals surface area contributed by atoms with Gasteiger partial charge in [-0.3, -0.25) is 0 Å². The molecule has 0 fully saturated rings. The normalized spacial score (nSPS) is 8.17. The first-order valence-electron chi connectivity index (χ1n) is 3.35. The van der Waals surface area contributed by atoms with Gasteiger partial charge in [0.2, 0.25) is 0 Å². The van der Waals surface area contributed by atoms with E-state index in [0.29, 0.717) is 6.54 Å². The molecule has 0 saturated carbocycles. The molecule has 0 aromatic heterocycles. The van der Waals surface area contributed by atoms with Crippen molar-refractivity contribution in [3.05, 3.63) is 34.3 Å². The molecule has 1 rings (SSSR count). The zero-order valence-corrected chi connectivity index (χ0v) is 8.94. The minimum Gasteiger partial charge on any atom is -0.396 e. The minimum atomic E-state index is 0.599. The Kier molecular flexibility index (Phi) is 6.94. The lowest BCUT2D eigenvalue weighted by molar-refractivity contribution is 1.06. The molecule has 0 aliphatic carbocycles. The molecule has 0 amide bonds. The zero-order valence-electron chi connectivity index (χ0n) is 6.53. The summed E-state index contributed by atoms with van der Waals surface area (Å²) in [5.41, 5.74) is 12.2. The van der Waals surface area contributed by atoms with Crippen LogP contribution in [0.2, 0.25) is 0 Å². The Balaban J connectivity index is 0.000000354. The Bertz CT molecular complexity index is 240. The third kappa shape index (κ3) is 4.43. The summed E-state index contributed by atoms with van der Waals surface area (Å²) >= 11 is 7.42. The molecule has 0 aliphatic heterocycles. The topological polar surface area (TPSA) is 52.0 Å². The minimum absolute atomic E-state index is 0.599. The largest absolute Gasteiger partial charge is 0.396 e. The molecular formula is C8H11BrN2S. The van der Waals surface area contributed by atoms with Gasteiger partial charge in [0.15, 0.2) is 0 Å². The smallest absolute Gasteiger partial charge is 0.0588 e. The van der Waals surface area contributed by atoms with E-state index < -0.39 is 0 Å². The summed E-state index contributed by atoms with van der Waals surface area (Å²) in [5, 5.41) is 0. The summed E-state index contributed by atoms with van der Waals surface area (Å²) in [6.07, 6.45) is 0. The third-order valence-electron chi connectivity index (χ3n) is 1.18. The van der Waals surface area contributed by atoms with E-state index in [9.17, 15) is 0 Å². The average Bonchev–Trinajstić information content (AvgIpc) is 2.07. The van der Waals surface area contributed by atoms with E-state index in [-0.39, 0.29) is 0 Å². The second-order valence-electron chi connectivity index (χ2n) is 1.93. The first kappa shape index (κ1) is 11.6. The van der Waals surface area contributed by atoms with Gasteiger partial charge >= 0.3 is 0 Å². The maximum atomic E-state index is 5.42. The molecule has 0 atom stereocenters. The van der Waals surface area contributed by atoms with Gasteiger partial charge in [-0.25, -0.2) is 0 Å². The molecule has 0 unspecified atom stereocenters. The van der Waals surface area contributed by atoms with Gasteiger partial charge in [-0.15, -0.1) is 0 Å². The van der Waals surface area contributed by atoms with Crippen LogP contribution in [-0.4, -0.2) is 5.49 Å². The number of benzene rings is 1. The fourth-order valence-corrected chi connectivity index (χ4v) is 1.11. The van der Waals surface area contributed by atoms with Crippen LogP contribution in [-0.2, 0) is 6.54 Å². The second kappa shape index (κ2) is 7.21. The number of hydrogen-bond acceptors (Lipinski definition) is 2. The van der Waals surface area contributed by atoms with Crippen LogP contribution in [0.3, 0.4) is 0 Å². The lowest BCUT2D eigenvalue weighted by atomic mass is 10.2. The van der Waals surface area contributed by atoms with E-state index in [1.165, 1.54) is 0 Å². The number of hydrogen-bond donors (Lipinski definition) is 2. The molecule has 0 saturated heterocycles. The van der Waals surface area contributed by atoms with Crippen molar-refractivity contribution >= 4 is 33.6 Å². The van der Waals surface area contributed by atoms with Crippen LogP contribution >= 0.6 is 28.1 Å². The van der Waals surface area contributed by atoms with Crippen LogP contribution in [0, 0.1) is 0 Å². The monoisotopic (exact) mass is 246 g/mol. The summed E-state index contributed by atoms with van der Waals surface area (Å²) < 4.78 is 1.09. The van der Waals surface area contributed by atoms with Gasteiger partial charge in [0, 0.05) is 11.0 Å². The van der Waals surface area contributed by atoms with E-state index >= 15 is 0 Å². The lowest BCUT2D eigenvalue weighted by Crippen LogP contribution is -1.95. The van der Waals surface area contributed by atoms with Gasteiger partial charge in [-0.05, 0) is 11.6 Å². The van der Waals surface area contributed by atoms with Crippen LogP contribution < -0.4 is 11.5 Å². The zero-order chi connectivity index (χ0) is 9.40. The number of thiocarbonyl (C=S) groups is 1. The van der Waals surface area contributed by atoms with E-state index in [2.05, 4.69) is 33.9 Å². The molecule has 0 aliphatic rings. The molecular weight excluding hydrogens is 236 g/mol. The van der Waals surface area contributed by atoms with E-state index in [4.69, 9.17) is 5.73 Å². The highest BCUT2D eigenvalue weighted by molar-refractivity contribution is 9.10. The first-order valence-corrected chi connectivity index (χ1v) is 4.61. The van der Waals surface area contributed by atoms with Gasteiger partial charge < -0.3 is 11.5 Å². The van der Waals surface area contributed by atoms with Crippen molar-refractivity contribution in [3.8, 4) is 0 Å². The standard InChI is InChI=1S/C7H8BrN.CH3NS/c8-7-4-2-1-3-6(7)5-9;2-1-3/h1-4H,5,9H2;1H,(H2,2,3). The molecule has 66 valence electrons. The Hall–Kier alpha value is -0.450. The molecule has 1 aromatic carbocycles. The summed E-state index contributed by atoms with van der Waals surface area (Å²) in [6, 6.07) is 7.95. The van der Waals surface area contributed by atoms with E-state index in [1.807, 2.05) is 24.3 Å². The summed E-state index contributed by atoms with van der Waals surface area (Å²) in [4.78, 5) is 0. The number of halogens is 1. The molecule has 4 N–H and O–H groups in total. The van der Waals surface area contributed by atoms with Crippen molar-refractivity contribution in [2.75, 3.05) is 0 Å². The fourth-order valence-electron chi connectivity index (χ4n) is 0.664. The summed E-state index contributed by atoms with van der Waals surface area (Å²) in [5.74, 6) is 0. The van der Waals surface area contributed by atoms with Crippen molar-refractivity contribution in [2.45, 2.75) is 6.54 Å². The molecule has 1 aromatic rings. The molecule has 0 radical (unpaired) electrons. The predicted octanol–water partition coefficient (Wildman–Crippen LogP) is 1.81. The van der Waals surface area contributed by atoms with Crippen molar-refractivity contribution < 1.29 is 0 Å². The average molecular weight is 247 g/mol. The molecule has 12 heavy (non-hydrogen) atoms. The van der Waals surface area contributed by atoms with E-state index in [0.717, 1.165) is 15.5 Å². The van der Waals surface area contributed by atoms with Gasteiger partial charge in [0.1, 0.15) is 0 Å². The van der Waals surface area contributed by atoms with Gasteiger partial charge in [0.05, 0.1) is 5.49 Å². The third-order valence-corrected chi connectivity index (χ3v) is 1.95. The highest BCUT2D eigenvalue weighted by atomic mass is 79.9. The van der Waals surface area contributed by atoms with Crippen molar-refractivity contribution in [3.63, 3.8) is 0 Å². The van der Waals surface area contributed by atoms with Gasteiger partial charge in [-0.1, -0.05) is 46.3 Å². The van der Waals surface area contributed by atoms with Crippen LogP contribution in [0.4, 0.5) is 0 Å². The van der Waals surface area contributed by atoms with Crippen molar-refractivity contribution in [1.82, 2.24) is 0 Å².